The zero-order valence-corrected chi connectivity index (χ0v) is 12.8. The molecule has 0 aliphatic carbocycles. The van der Waals surface area contributed by atoms with Crippen molar-refractivity contribution in [3.8, 4) is 0 Å². The third-order valence-electron chi connectivity index (χ3n) is 1.74. The Kier molecular flexibility index (Phi) is 7.89. The van der Waals surface area contributed by atoms with Crippen LogP contribution in [-0.2, 0) is 38.7 Å². The predicted molar refractivity (Wildman–Crippen MR) is 69.6 cm³/mol. The van der Waals surface area contributed by atoms with Gasteiger partial charge in [0.2, 0.25) is 0 Å². The van der Waals surface area contributed by atoms with E-state index in [4.69, 9.17) is 38.7 Å². The average molecular weight is 300 g/mol. The Labute approximate surface area is 108 Å². The highest BCUT2D eigenvalue weighted by molar-refractivity contribution is 8.07. The number of hydrogen-bond acceptors (Lipinski definition) is 7. The van der Waals surface area contributed by atoms with E-state index in [0.29, 0.717) is 0 Å². The molecule has 0 N–H and O–H groups in total. The van der Waals surface area contributed by atoms with Gasteiger partial charge in [-0.1, -0.05) is 13.2 Å². The van der Waals surface area contributed by atoms with Crippen molar-refractivity contribution in [3.63, 3.8) is 0 Å². The van der Waals surface area contributed by atoms with E-state index in [1.165, 1.54) is 21.3 Å². The Balaban J connectivity index is 4.62. The van der Waals surface area contributed by atoms with Gasteiger partial charge in [-0.05, 0) is 0 Å². The third-order valence-corrected chi connectivity index (χ3v) is 6.44. The van der Waals surface area contributed by atoms with Crippen LogP contribution >= 0.6 is 6.72 Å². The predicted octanol–water partition coefficient (Wildman–Crippen LogP) is 1.96. The lowest BCUT2D eigenvalue weighted by atomic mass is 11.2. The van der Waals surface area contributed by atoms with Gasteiger partial charge in [0.25, 0.3) is 0 Å². The minimum atomic E-state index is -2.96. The van der Waals surface area contributed by atoms with Crippen LogP contribution in [0.5, 0.6) is 0 Å². The molecule has 0 aromatic rings. The van der Waals surface area contributed by atoms with E-state index >= 15 is 0 Å². The second-order valence-corrected chi connectivity index (χ2v) is 8.36. The van der Waals surface area contributed by atoms with Crippen LogP contribution in [0.4, 0.5) is 0 Å². The molecule has 0 heterocycles. The van der Waals surface area contributed by atoms with Gasteiger partial charge in [0.15, 0.2) is 0 Å². The van der Waals surface area contributed by atoms with E-state index in [0.717, 1.165) is 12.5 Å². The molecule has 0 aromatic carbocycles. The Morgan fingerprint density at radius 2 is 1.47 bits per heavy atom. The minimum Gasteiger partial charge on any atom is -0.424 e. The summed E-state index contributed by atoms with van der Waals surface area (Å²) in [5.74, 6) is 0. The van der Waals surface area contributed by atoms with Crippen LogP contribution in [0.25, 0.3) is 0 Å². The molecule has 0 unspecified atom stereocenters. The molecule has 0 rings (SSSR count). The highest BCUT2D eigenvalue weighted by atomic mass is 32.5. The monoisotopic (exact) mass is 300 g/mol. The Morgan fingerprint density at radius 1 is 1.06 bits per heavy atom. The molecule has 0 saturated carbocycles. The lowest BCUT2D eigenvalue weighted by Crippen LogP contribution is -2.47. The maximum absolute atomic E-state index is 5.37. The smallest absolute Gasteiger partial charge is 0.424 e. The molecule has 0 aliphatic heterocycles. The van der Waals surface area contributed by atoms with Crippen LogP contribution in [0.1, 0.15) is 0 Å². The SMILES string of the molecule is C=COP(=S)(OC=C)OC[Si](OC)(OC)OC. The van der Waals surface area contributed by atoms with Crippen molar-refractivity contribution in [3.05, 3.63) is 25.7 Å². The fraction of sp³-hybridized carbons (Fsp3) is 0.500. The topological polar surface area (TPSA) is 55.4 Å². The van der Waals surface area contributed by atoms with E-state index in [1.54, 1.807) is 0 Å². The molecule has 0 radical (unpaired) electrons. The van der Waals surface area contributed by atoms with E-state index in [2.05, 4.69) is 13.2 Å². The first-order valence-electron chi connectivity index (χ1n) is 4.50. The number of rotatable bonds is 10. The second kappa shape index (κ2) is 7.99. The molecule has 0 aliphatic rings. The largest absolute Gasteiger partial charge is 0.528 e. The molecule has 0 fully saturated rings. The van der Waals surface area contributed by atoms with Crippen molar-refractivity contribution in [2.45, 2.75) is 0 Å². The average Bonchev–Trinajstić information content (AvgIpc) is 2.32. The normalized spacial score (nSPS) is 11.9. The zero-order chi connectivity index (χ0) is 13.4. The molecule has 17 heavy (non-hydrogen) atoms. The fourth-order valence-electron chi connectivity index (χ4n) is 0.853. The van der Waals surface area contributed by atoms with Crippen molar-refractivity contribution >= 4 is 27.3 Å². The highest BCUT2D eigenvalue weighted by Crippen LogP contribution is 2.50. The summed E-state index contributed by atoms with van der Waals surface area (Å²) in [5.41, 5.74) is 0. The van der Waals surface area contributed by atoms with Gasteiger partial charge >= 0.3 is 15.5 Å². The summed E-state index contributed by atoms with van der Waals surface area (Å²) in [6.45, 7) is 3.83. The first-order valence-corrected chi connectivity index (χ1v) is 8.99. The first kappa shape index (κ1) is 16.8. The summed E-state index contributed by atoms with van der Waals surface area (Å²) in [7, 11) is 1.53. The molecule has 100 valence electrons. The molecule has 0 spiro atoms. The standard InChI is InChI=1S/C8H17O6PSSi/c1-6-12-15(16,13-7-2)14-8-17(9-3,10-4)11-5/h6-7H,1-2,8H2,3-5H3. The van der Waals surface area contributed by atoms with Gasteiger partial charge in [-0.25, -0.2) is 0 Å². The van der Waals surface area contributed by atoms with Gasteiger partial charge in [0.05, 0.1) is 12.5 Å². The van der Waals surface area contributed by atoms with Gasteiger partial charge in [-0.3, -0.25) is 4.52 Å². The van der Waals surface area contributed by atoms with Crippen molar-refractivity contribution in [1.29, 1.82) is 0 Å². The van der Waals surface area contributed by atoms with Crippen molar-refractivity contribution in [2.24, 2.45) is 0 Å². The maximum atomic E-state index is 5.37. The summed E-state index contributed by atoms with van der Waals surface area (Å²) in [6.07, 6.45) is 2.31. The molecule has 0 amide bonds. The van der Waals surface area contributed by atoms with Gasteiger partial charge < -0.3 is 22.3 Å². The van der Waals surface area contributed by atoms with Crippen LogP contribution in [-0.4, -0.2) is 36.4 Å². The Bertz CT molecular complexity index is 273. The van der Waals surface area contributed by atoms with Gasteiger partial charge in [0, 0.05) is 33.1 Å². The van der Waals surface area contributed by atoms with E-state index in [9.17, 15) is 0 Å². The van der Waals surface area contributed by atoms with Crippen LogP contribution in [0.15, 0.2) is 25.7 Å². The molecule has 0 aromatic heterocycles. The van der Waals surface area contributed by atoms with Gasteiger partial charge in [-0.2, -0.15) is 0 Å². The van der Waals surface area contributed by atoms with E-state index in [-0.39, 0.29) is 6.23 Å². The summed E-state index contributed by atoms with van der Waals surface area (Å²) in [5, 5.41) is 0. The summed E-state index contributed by atoms with van der Waals surface area (Å²) < 4.78 is 30.9. The summed E-state index contributed by atoms with van der Waals surface area (Å²) in [4.78, 5) is 0. The second-order valence-electron chi connectivity index (χ2n) is 2.56. The van der Waals surface area contributed by atoms with Crippen LogP contribution in [0, 0.1) is 0 Å². The Morgan fingerprint density at radius 3 is 1.76 bits per heavy atom. The quantitative estimate of drug-likeness (QED) is 0.347. The van der Waals surface area contributed by atoms with E-state index in [1.807, 2.05) is 0 Å². The van der Waals surface area contributed by atoms with Crippen molar-refractivity contribution in [1.82, 2.24) is 0 Å². The molecule has 0 bridgehead atoms. The summed E-state index contributed by atoms with van der Waals surface area (Å²) >= 11 is 5.07. The zero-order valence-electron chi connectivity index (χ0n) is 10.1. The summed E-state index contributed by atoms with van der Waals surface area (Å²) in [6, 6.07) is 0. The molecular weight excluding hydrogens is 283 g/mol. The molecular formula is C8H17O6PSSi. The van der Waals surface area contributed by atoms with Gasteiger partial charge in [0.1, 0.15) is 6.23 Å². The van der Waals surface area contributed by atoms with Crippen molar-refractivity contribution in [2.75, 3.05) is 27.6 Å². The molecule has 0 atom stereocenters. The molecule has 6 nitrogen and oxygen atoms in total. The third kappa shape index (κ3) is 5.30. The van der Waals surface area contributed by atoms with Crippen molar-refractivity contribution < 1.29 is 26.8 Å². The maximum Gasteiger partial charge on any atom is 0.528 e. The lowest BCUT2D eigenvalue weighted by Gasteiger charge is -2.26. The lowest BCUT2D eigenvalue weighted by molar-refractivity contribution is 0.0953. The van der Waals surface area contributed by atoms with E-state index < -0.39 is 15.5 Å². The Hall–Kier alpha value is -0.213. The minimum absolute atomic E-state index is 0.00938. The van der Waals surface area contributed by atoms with Crippen LogP contribution < -0.4 is 0 Å². The number of hydrogen-bond donors (Lipinski definition) is 0. The highest BCUT2D eigenvalue weighted by Gasteiger charge is 2.41. The van der Waals surface area contributed by atoms with Crippen LogP contribution in [0.2, 0.25) is 0 Å². The fourth-order valence-corrected chi connectivity index (χ4v) is 4.35. The van der Waals surface area contributed by atoms with Gasteiger partial charge in [-0.15, -0.1) is 0 Å². The molecule has 0 saturated heterocycles. The first-order chi connectivity index (χ1) is 8.01. The molecule has 9 heteroatoms. The van der Waals surface area contributed by atoms with Crippen LogP contribution in [0.3, 0.4) is 0 Å².